The van der Waals surface area contributed by atoms with Crippen LogP contribution < -0.4 is 40.7 Å². The number of nitrogens with zero attached hydrogens (tertiary/aromatic N) is 7. The number of nitrogen functional groups attached to an aromatic ring is 1. The van der Waals surface area contributed by atoms with Gasteiger partial charge in [-0.15, -0.1) is 0 Å². The Hall–Kier alpha value is -5.49. The van der Waals surface area contributed by atoms with E-state index in [0.29, 0.717) is 44.3 Å². The molecule has 0 aliphatic carbocycles. The number of amides is 2. The number of ether oxygens (including phenoxy) is 2. The van der Waals surface area contributed by atoms with Gasteiger partial charge in [-0.25, -0.2) is 33.0 Å². The Morgan fingerprint density at radius 1 is 0.864 bits per heavy atom. The molecule has 0 radical (unpaired) electrons. The van der Waals surface area contributed by atoms with Crippen molar-refractivity contribution >= 4 is 63.5 Å². The van der Waals surface area contributed by atoms with E-state index in [-0.39, 0.29) is 41.6 Å². The number of nitrogens with one attached hydrogen (secondary N) is 1. The molecule has 1 fully saturated rings. The molecule has 3 aromatic carbocycles. The van der Waals surface area contributed by atoms with Crippen molar-refractivity contribution in [3.8, 4) is 11.5 Å². The number of anilines is 2. The molecular formula is C53H66N9O16P3. The van der Waals surface area contributed by atoms with Gasteiger partial charge in [-0.05, 0) is 87.1 Å². The summed E-state index contributed by atoms with van der Waals surface area (Å²) in [7, 11) is -15.2. The smallest absolute Gasteiger partial charge is 0.487 e. The number of fused-ring (bicyclic) bond motifs is 5. The number of phosphoric ester groups is 2. The van der Waals surface area contributed by atoms with Crippen LogP contribution in [-0.2, 0) is 66.6 Å². The van der Waals surface area contributed by atoms with Crippen LogP contribution in [0.1, 0.15) is 114 Å². The van der Waals surface area contributed by atoms with E-state index in [1.165, 1.54) is 44.2 Å². The Balaban J connectivity index is 0.630. The monoisotopic (exact) mass is 1180 g/mol. The fourth-order valence-corrected chi connectivity index (χ4v) is 15.7. The highest BCUT2D eigenvalue weighted by Gasteiger charge is 2.47. The molecule has 6 aliphatic rings. The molecule has 0 spiro atoms. The maximum atomic E-state index is 14.6. The van der Waals surface area contributed by atoms with E-state index in [0.717, 1.165) is 117 Å². The number of carbonyl (C=O) groups excluding carboxylic acids is 2. The third-order valence-electron chi connectivity index (χ3n) is 15.8. The quantitative estimate of drug-likeness (QED) is 0.0322. The Morgan fingerprint density at radius 2 is 1.62 bits per heavy atom. The molecule has 8 heterocycles. The number of nitrogens with two attached hydrogens (primary N) is 1. The van der Waals surface area contributed by atoms with E-state index < -0.39 is 61.2 Å². The number of unbranched alkanes of at least 4 members (excludes halogenated alkanes) is 3. The van der Waals surface area contributed by atoms with Gasteiger partial charge in [0.1, 0.15) is 54.7 Å². The van der Waals surface area contributed by atoms with Crippen LogP contribution in [0.25, 0.3) is 16.7 Å². The van der Waals surface area contributed by atoms with Gasteiger partial charge in [0.2, 0.25) is 11.3 Å². The van der Waals surface area contributed by atoms with Crippen LogP contribution in [0.3, 0.4) is 0 Å². The van der Waals surface area contributed by atoms with E-state index in [2.05, 4.69) is 65.6 Å². The second-order valence-electron chi connectivity index (χ2n) is 21.3. The third kappa shape index (κ3) is 12.0. The van der Waals surface area contributed by atoms with Gasteiger partial charge in [-0.1, -0.05) is 31.0 Å². The lowest BCUT2D eigenvalue weighted by Crippen LogP contribution is -2.45. The summed E-state index contributed by atoms with van der Waals surface area (Å²) in [6, 6.07) is 12.6. The van der Waals surface area contributed by atoms with Gasteiger partial charge in [0, 0.05) is 91.2 Å². The molecule has 5 aromatic rings. The van der Waals surface area contributed by atoms with Crippen molar-refractivity contribution in [2.45, 2.75) is 114 Å². The summed E-state index contributed by atoms with van der Waals surface area (Å²) in [5.74, 6) is 1.57. The fourth-order valence-electron chi connectivity index (χ4n) is 12.2. The Morgan fingerprint density at radius 3 is 2.44 bits per heavy atom. The van der Waals surface area contributed by atoms with E-state index in [1.807, 2.05) is 18.2 Å². The molecular weight excluding hydrogens is 1110 g/mol. The topological polar surface area (TPSA) is 336 Å². The van der Waals surface area contributed by atoms with Crippen LogP contribution in [0.15, 0.2) is 49.1 Å². The first-order chi connectivity index (χ1) is 38.9. The zero-order valence-corrected chi connectivity index (χ0v) is 47.4. The van der Waals surface area contributed by atoms with Crippen molar-refractivity contribution < 1.29 is 75.3 Å². The lowest BCUT2D eigenvalue weighted by Gasteiger charge is -2.39. The molecule has 2 amide bonds. The molecule has 2 aromatic heterocycles. The minimum Gasteiger partial charge on any atom is -0.756 e. The molecule has 7 atom stereocenters. The molecule has 28 heteroatoms. The number of rotatable bonds is 22. The van der Waals surface area contributed by atoms with Crippen LogP contribution in [0.2, 0.25) is 0 Å². The Bertz CT molecular complexity index is 3560. The van der Waals surface area contributed by atoms with E-state index in [1.54, 1.807) is 11.9 Å². The highest BCUT2D eigenvalue weighted by atomic mass is 31.3. The predicted molar refractivity (Wildman–Crippen MR) is 291 cm³/mol. The normalized spacial score (nSPS) is 22.1. The number of aromatic nitrogens is 4. The highest BCUT2D eigenvalue weighted by molar-refractivity contribution is 7.66. The van der Waals surface area contributed by atoms with Crippen LogP contribution in [-0.4, -0.2) is 134 Å². The maximum absolute atomic E-state index is 14.6. The standard InChI is InChI=1S/C53H66N9O16P3/c1-59(52(66)35-16-5-4-15-34(35)42-38-27-32-13-8-22-60-24-10-17-36(44(32)60)48(38)76-49-37-18-11-25-61-23-9-14-33(45(37)61)28-39(42)49)21-12-19-41(63)55-20-6-2-3-7-26-73-79(67,68)77-81(71,72)78-80(69,70)74-29-40-46(64)47(65)53(75-40)62-31-58-43-50(54)56-30-57-51(43)62/h4-5,15-16,27-28,30-31,40,46-47,53,64-65H,2-3,6-14,17-26,29H2,1H3,(H5-,54,55,56,57,63,67,68,69,70,71,72)/t40-,46-,47-,53-/m1/s1. The van der Waals surface area contributed by atoms with Crippen molar-refractivity contribution in [3.05, 3.63) is 98.6 Å². The first-order valence-electron chi connectivity index (χ1n) is 27.5. The number of aliphatic hydroxyl groups is 2. The molecule has 11 rings (SSSR count). The summed E-state index contributed by atoms with van der Waals surface area (Å²) < 4.78 is 71.5. The highest BCUT2D eigenvalue weighted by Crippen LogP contribution is 2.66. The fraction of sp³-hybridized carbons (Fsp3) is 0.509. The summed E-state index contributed by atoms with van der Waals surface area (Å²) >= 11 is 0. The SMILES string of the molecule is CN(CCCC(=O)NCCCCCCOP(=O)([O-])OP(=O)(O)OP(=O)(O)OC[C@H]1O[C@@H](n2cnc3c(N)ncnc32)[C@H](O)[C@@H]1O)C(=O)c1ccccc1C1=c2cc3c4c(c2Oc2c1cc1c5c2CCCN5CCC1)CCC[N+]=4CCC3. The average molecular weight is 1180 g/mol. The molecule has 0 saturated carbocycles. The number of aliphatic hydroxyl groups excluding tert-OH is 2. The summed E-state index contributed by atoms with van der Waals surface area (Å²) in [5.41, 5.74) is 16.2. The first-order valence-corrected chi connectivity index (χ1v) is 32.0. The third-order valence-corrected chi connectivity index (χ3v) is 20.1. The molecule has 81 heavy (non-hydrogen) atoms. The molecule has 6 aliphatic heterocycles. The molecule has 25 nitrogen and oxygen atoms in total. The largest absolute Gasteiger partial charge is 0.756 e. The summed E-state index contributed by atoms with van der Waals surface area (Å²) in [6.45, 7) is 3.43. The first kappa shape index (κ1) is 57.3. The van der Waals surface area contributed by atoms with Crippen LogP contribution in [0.4, 0.5) is 11.5 Å². The van der Waals surface area contributed by atoms with Gasteiger partial charge in [-0.3, -0.25) is 23.2 Å². The number of aryl methyl sites for hydroxylation is 2. The second kappa shape index (κ2) is 23.6. The number of hydrogen-bond acceptors (Lipinski definition) is 19. The van der Waals surface area contributed by atoms with Gasteiger partial charge in [0.05, 0.1) is 25.1 Å². The number of carbonyl (C=O) groups is 2. The van der Waals surface area contributed by atoms with Crippen LogP contribution in [0.5, 0.6) is 11.5 Å². The Kier molecular flexibility index (Phi) is 16.7. The number of hydrogen-bond donors (Lipinski definition) is 6. The van der Waals surface area contributed by atoms with Gasteiger partial charge in [0.15, 0.2) is 17.7 Å². The van der Waals surface area contributed by atoms with Gasteiger partial charge in [-0.2, -0.15) is 4.31 Å². The molecule has 7 N–H and O–H groups in total. The van der Waals surface area contributed by atoms with Gasteiger partial charge in [0.25, 0.3) is 13.7 Å². The van der Waals surface area contributed by atoms with Crippen molar-refractivity contribution in [2.24, 2.45) is 0 Å². The van der Waals surface area contributed by atoms with Crippen molar-refractivity contribution in [2.75, 3.05) is 70.2 Å². The minimum absolute atomic E-state index is 0.0323. The van der Waals surface area contributed by atoms with E-state index in [4.69, 9.17) is 15.2 Å². The van der Waals surface area contributed by atoms with Crippen molar-refractivity contribution in [1.82, 2.24) is 34.3 Å². The number of imidazole rings is 1. The molecule has 3 unspecified atom stereocenters. The van der Waals surface area contributed by atoms with Gasteiger partial charge < -0.3 is 59.7 Å². The molecule has 434 valence electrons. The number of phosphoric acid groups is 3. The summed E-state index contributed by atoms with van der Waals surface area (Å²) in [6.07, 6.45) is 6.68. The Labute approximate surface area is 466 Å². The zero-order chi connectivity index (χ0) is 56.8. The lowest BCUT2D eigenvalue weighted by atomic mass is 9.81. The summed E-state index contributed by atoms with van der Waals surface area (Å²) in [4.78, 5) is 76.1. The maximum Gasteiger partial charge on any atom is 0.487 e. The van der Waals surface area contributed by atoms with E-state index >= 15 is 0 Å². The number of benzene rings is 3. The van der Waals surface area contributed by atoms with Crippen LogP contribution in [0, 0.1) is 0 Å². The average Bonchev–Trinajstić information content (AvgIpc) is 4.14. The van der Waals surface area contributed by atoms with Crippen molar-refractivity contribution in [3.63, 3.8) is 0 Å². The predicted octanol–water partition coefficient (Wildman–Crippen LogP) is 3.43. The molecule has 1 saturated heterocycles. The van der Waals surface area contributed by atoms with Gasteiger partial charge >= 0.3 is 15.6 Å². The van der Waals surface area contributed by atoms with Crippen LogP contribution >= 0.6 is 23.5 Å². The van der Waals surface area contributed by atoms with E-state index in [9.17, 15) is 48.2 Å². The minimum atomic E-state index is -5.86. The lowest BCUT2D eigenvalue weighted by molar-refractivity contribution is -0.218. The second-order valence-corrected chi connectivity index (χ2v) is 25.9. The summed E-state index contributed by atoms with van der Waals surface area (Å²) in [5, 5.41) is 26.4. The van der Waals surface area contributed by atoms with Crippen molar-refractivity contribution in [1.29, 1.82) is 0 Å². The molecule has 0 bridgehead atoms. The zero-order valence-electron chi connectivity index (χ0n) is 44.7.